The van der Waals surface area contributed by atoms with Crippen molar-refractivity contribution in [3.05, 3.63) is 45.4 Å². The number of rotatable bonds is 11. The van der Waals surface area contributed by atoms with Gasteiger partial charge in [-0.1, -0.05) is 16.4 Å². The van der Waals surface area contributed by atoms with Crippen LogP contribution in [0.2, 0.25) is 0 Å². The van der Waals surface area contributed by atoms with E-state index in [4.69, 9.17) is 9.37 Å². The van der Waals surface area contributed by atoms with Gasteiger partial charge in [0.2, 0.25) is 10.0 Å². The van der Waals surface area contributed by atoms with E-state index in [-0.39, 0.29) is 24.5 Å². The number of hydrogen-bond acceptors (Lipinski definition) is 8. The highest BCUT2D eigenvalue weighted by Crippen LogP contribution is 2.19. The molecule has 0 unspecified atom stereocenters. The Bertz CT molecular complexity index is 949. The molecule has 0 spiro atoms. The van der Waals surface area contributed by atoms with E-state index in [1.807, 2.05) is 0 Å². The van der Waals surface area contributed by atoms with Crippen LogP contribution in [0.1, 0.15) is 23.4 Å². The fourth-order valence-electron chi connectivity index (χ4n) is 2.39. The Labute approximate surface area is 176 Å². The molecule has 12 heteroatoms. The third kappa shape index (κ3) is 6.84. The molecule has 0 fully saturated rings. The lowest BCUT2D eigenvalue weighted by Crippen LogP contribution is -2.27. The van der Waals surface area contributed by atoms with Gasteiger partial charge in [0.05, 0.1) is 16.8 Å². The topological polar surface area (TPSA) is 118 Å². The number of oxime groups is 1. The third-order valence-corrected chi connectivity index (χ3v) is 6.45. The zero-order chi connectivity index (χ0) is 21.4. The molecular weight excluding hydrogens is 471 g/mol. The average molecular weight is 493 g/mol. The van der Waals surface area contributed by atoms with Crippen molar-refractivity contribution in [1.29, 1.82) is 0 Å². The summed E-state index contributed by atoms with van der Waals surface area (Å²) in [5, 5.41) is 20.3. The summed E-state index contributed by atoms with van der Waals surface area (Å²) in [7, 11) is -0.342. The molecule has 1 heterocycles. The van der Waals surface area contributed by atoms with Gasteiger partial charge in [-0.3, -0.25) is 0 Å². The molecule has 2 aromatic rings. The number of aryl methyl sites for hydroxylation is 1. The van der Waals surface area contributed by atoms with Crippen LogP contribution in [-0.4, -0.2) is 67.0 Å². The van der Waals surface area contributed by atoms with E-state index >= 15 is 0 Å². The van der Waals surface area contributed by atoms with E-state index in [0.717, 1.165) is 4.31 Å². The molecule has 0 saturated heterocycles. The van der Waals surface area contributed by atoms with Crippen LogP contribution in [0.3, 0.4) is 0 Å². The summed E-state index contributed by atoms with van der Waals surface area (Å²) in [6.45, 7) is 0.416. The van der Waals surface area contributed by atoms with Gasteiger partial charge in [0.15, 0.2) is 5.69 Å². The first-order chi connectivity index (χ1) is 13.7. The van der Waals surface area contributed by atoms with Crippen molar-refractivity contribution in [1.82, 2.24) is 14.6 Å². The van der Waals surface area contributed by atoms with Gasteiger partial charge in [-0.15, -0.1) is 0 Å². The highest BCUT2D eigenvalue weighted by molar-refractivity contribution is 9.10. The van der Waals surface area contributed by atoms with E-state index in [1.54, 1.807) is 12.1 Å². The second-order valence-electron chi connectivity index (χ2n) is 6.35. The lowest BCUT2D eigenvalue weighted by atomic mass is 10.0. The number of halogens is 2. The smallest absolute Gasteiger partial charge is 0.215 e. The lowest BCUT2D eigenvalue weighted by Gasteiger charge is -2.11. The number of aromatic nitrogens is 2. The van der Waals surface area contributed by atoms with Gasteiger partial charge in [-0.2, -0.15) is 0 Å². The van der Waals surface area contributed by atoms with Gasteiger partial charge in [0, 0.05) is 27.1 Å². The number of sulfonamides is 1. The van der Waals surface area contributed by atoms with Gasteiger partial charge in [0.25, 0.3) is 0 Å². The maximum absolute atomic E-state index is 13.4. The second kappa shape index (κ2) is 10.8. The van der Waals surface area contributed by atoms with E-state index in [0.29, 0.717) is 40.9 Å². The predicted molar refractivity (Wildman–Crippen MR) is 107 cm³/mol. The lowest BCUT2D eigenvalue weighted by molar-refractivity contribution is 0.145. The molecule has 1 aromatic carbocycles. The van der Waals surface area contributed by atoms with E-state index in [1.165, 1.54) is 20.2 Å². The van der Waals surface area contributed by atoms with Crippen molar-refractivity contribution in [2.24, 2.45) is 5.16 Å². The normalized spacial score (nSPS) is 12.7. The predicted octanol–water partition coefficient (Wildman–Crippen LogP) is 2.23. The fourth-order valence-corrected chi connectivity index (χ4v) is 3.51. The molecule has 9 nitrogen and oxygen atoms in total. The zero-order valence-corrected chi connectivity index (χ0v) is 18.4. The summed E-state index contributed by atoms with van der Waals surface area (Å²) in [5.41, 5.74) is 1.75. The zero-order valence-electron chi connectivity index (χ0n) is 16.0. The van der Waals surface area contributed by atoms with Crippen LogP contribution in [0.4, 0.5) is 4.39 Å². The van der Waals surface area contributed by atoms with Gasteiger partial charge < -0.3 is 9.94 Å². The minimum absolute atomic E-state index is 0.0905. The van der Waals surface area contributed by atoms with Crippen molar-refractivity contribution in [2.45, 2.75) is 19.3 Å². The standard InChI is InChI=1S/C17H22BrFN4O5S/c1-23(2)29(25,26)9-8-27-7-3-4-15-17(22-28-21-15)16(20-24)11-12-5-6-14(19)13(18)10-12/h5-6,10,24H,3-4,7-9,11H2,1-2H3/b20-16+. The summed E-state index contributed by atoms with van der Waals surface area (Å²) < 4.78 is 48.3. The van der Waals surface area contributed by atoms with Gasteiger partial charge in [0.1, 0.15) is 17.2 Å². The Morgan fingerprint density at radius 3 is 2.76 bits per heavy atom. The molecule has 1 aromatic heterocycles. The molecule has 0 aliphatic heterocycles. The number of benzene rings is 1. The van der Waals surface area contributed by atoms with Crippen LogP contribution in [-0.2, 0) is 27.6 Å². The largest absolute Gasteiger partial charge is 0.411 e. The number of nitrogens with zero attached hydrogens (tertiary/aromatic N) is 4. The Morgan fingerprint density at radius 2 is 2.10 bits per heavy atom. The number of ether oxygens (including phenoxy) is 1. The molecule has 0 bridgehead atoms. The quantitative estimate of drug-likeness (QED) is 0.221. The van der Waals surface area contributed by atoms with Crippen LogP contribution < -0.4 is 0 Å². The van der Waals surface area contributed by atoms with Gasteiger partial charge >= 0.3 is 0 Å². The second-order valence-corrected chi connectivity index (χ2v) is 9.50. The molecular formula is C17H22BrFN4O5S. The summed E-state index contributed by atoms with van der Waals surface area (Å²) in [4.78, 5) is 0. The van der Waals surface area contributed by atoms with Crippen LogP contribution in [0.5, 0.6) is 0 Å². The Morgan fingerprint density at radius 1 is 1.34 bits per heavy atom. The molecule has 0 radical (unpaired) electrons. The summed E-state index contributed by atoms with van der Waals surface area (Å²) in [6, 6.07) is 4.47. The summed E-state index contributed by atoms with van der Waals surface area (Å²) in [5.74, 6) is -0.482. The van der Waals surface area contributed by atoms with E-state index in [2.05, 4.69) is 31.4 Å². The first-order valence-corrected chi connectivity index (χ1v) is 11.1. The van der Waals surface area contributed by atoms with Crippen LogP contribution in [0.25, 0.3) is 0 Å². The SMILES string of the molecule is CN(C)S(=O)(=O)CCOCCCc1nonc1/C(Cc1ccc(F)c(Br)c1)=N/O. The molecule has 2 rings (SSSR count). The van der Waals surface area contributed by atoms with E-state index < -0.39 is 15.8 Å². The van der Waals surface area contributed by atoms with Crippen LogP contribution >= 0.6 is 15.9 Å². The Hall–Kier alpha value is -1.89. The van der Waals surface area contributed by atoms with Gasteiger partial charge in [-0.05, 0) is 51.6 Å². The molecule has 160 valence electrons. The third-order valence-electron chi connectivity index (χ3n) is 4.05. The molecule has 0 amide bonds. The van der Waals surface area contributed by atoms with Crippen molar-refractivity contribution in [3.8, 4) is 0 Å². The Balaban J connectivity index is 1.88. The summed E-state index contributed by atoms with van der Waals surface area (Å²) in [6.07, 6.45) is 1.19. The molecule has 0 atom stereocenters. The minimum atomic E-state index is -3.28. The molecule has 0 aliphatic carbocycles. The van der Waals surface area contributed by atoms with Crippen LogP contribution in [0, 0.1) is 5.82 Å². The van der Waals surface area contributed by atoms with Crippen LogP contribution in [0.15, 0.2) is 32.5 Å². The maximum atomic E-state index is 13.4. The average Bonchev–Trinajstić information content (AvgIpc) is 3.13. The first-order valence-electron chi connectivity index (χ1n) is 8.69. The monoisotopic (exact) mass is 492 g/mol. The molecule has 0 saturated carbocycles. The highest BCUT2D eigenvalue weighted by Gasteiger charge is 2.18. The summed E-state index contributed by atoms with van der Waals surface area (Å²) >= 11 is 3.12. The molecule has 29 heavy (non-hydrogen) atoms. The van der Waals surface area contributed by atoms with Crippen molar-refractivity contribution >= 4 is 31.7 Å². The van der Waals surface area contributed by atoms with E-state index in [9.17, 15) is 18.0 Å². The first kappa shape index (κ1) is 23.4. The van der Waals surface area contributed by atoms with Crippen molar-refractivity contribution < 1.29 is 27.4 Å². The van der Waals surface area contributed by atoms with Gasteiger partial charge in [-0.25, -0.2) is 21.7 Å². The maximum Gasteiger partial charge on any atom is 0.215 e. The number of hydrogen-bond donors (Lipinski definition) is 1. The molecule has 1 N–H and O–H groups in total. The van der Waals surface area contributed by atoms with Crippen molar-refractivity contribution in [2.75, 3.05) is 33.1 Å². The fraction of sp³-hybridized carbons (Fsp3) is 0.471. The molecule has 0 aliphatic rings. The van der Waals surface area contributed by atoms with Crippen molar-refractivity contribution in [3.63, 3.8) is 0 Å². The minimum Gasteiger partial charge on any atom is -0.411 e. The highest BCUT2D eigenvalue weighted by atomic mass is 79.9. The Kier molecular flexibility index (Phi) is 8.68.